The number of piperidine rings is 2. The number of aliphatic hydroxyl groups is 1. The molecular formula is C11H19NO. The smallest absolute Gasteiger partial charge is 0.0558 e. The molecule has 0 amide bonds. The molecule has 13 heavy (non-hydrogen) atoms. The lowest BCUT2D eigenvalue weighted by molar-refractivity contribution is -0.0641. The van der Waals surface area contributed by atoms with Gasteiger partial charge in [-0.1, -0.05) is 0 Å². The minimum absolute atomic E-state index is 0.350. The van der Waals surface area contributed by atoms with Crippen molar-refractivity contribution >= 4 is 0 Å². The Labute approximate surface area is 79.9 Å². The summed E-state index contributed by atoms with van der Waals surface area (Å²) in [5, 5.41) is 9.01. The Morgan fingerprint density at radius 3 is 1.92 bits per heavy atom. The van der Waals surface area contributed by atoms with Crippen LogP contribution in [0.15, 0.2) is 0 Å². The molecule has 74 valence electrons. The molecule has 0 aromatic rings. The molecule has 2 saturated heterocycles. The summed E-state index contributed by atoms with van der Waals surface area (Å²) >= 11 is 0. The zero-order valence-corrected chi connectivity index (χ0v) is 8.15. The summed E-state index contributed by atoms with van der Waals surface area (Å²) in [5.74, 6) is 2.08. The Kier molecular flexibility index (Phi) is 1.88. The van der Waals surface area contributed by atoms with E-state index in [4.69, 9.17) is 5.11 Å². The van der Waals surface area contributed by atoms with E-state index in [0.29, 0.717) is 6.61 Å². The van der Waals surface area contributed by atoms with E-state index in [1.54, 1.807) is 0 Å². The van der Waals surface area contributed by atoms with Gasteiger partial charge in [0.1, 0.15) is 0 Å². The maximum atomic E-state index is 9.01. The van der Waals surface area contributed by atoms with E-state index in [1.807, 2.05) is 0 Å². The first-order chi connectivity index (χ1) is 6.36. The highest BCUT2D eigenvalue weighted by Gasteiger charge is 2.46. The summed E-state index contributed by atoms with van der Waals surface area (Å²) in [6.07, 6.45) is 7.21. The average Bonchev–Trinajstić information content (AvgIpc) is 2.10. The SMILES string of the molecule is OCCN1[C@H]2C[C@H]3C[C@H](C2)C[C@H]1C3. The van der Waals surface area contributed by atoms with Gasteiger partial charge >= 0.3 is 0 Å². The van der Waals surface area contributed by atoms with Gasteiger partial charge in [-0.05, 0) is 43.9 Å². The minimum atomic E-state index is 0.350. The van der Waals surface area contributed by atoms with Gasteiger partial charge in [0.05, 0.1) is 6.61 Å². The lowest BCUT2D eigenvalue weighted by Crippen LogP contribution is -2.58. The van der Waals surface area contributed by atoms with Crippen molar-refractivity contribution in [2.24, 2.45) is 11.8 Å². The molecule has 2 heteroatoms. The molecule has 0 radical (unpaired) electrons. The molecule has 0 spiro atoms. The first kappa shape index (κ1) is 8.25. The number of rotatable bonds is 2. The third kappa shape index (κ3) is 1.23. The van der Waals surface area contributed by atoms with Gasteiger partial charge in [0.25, 0.3) is 0 Å². The normalized spacial score (nSPS) is 48.7. The second-order valence-electron chi connectivity index (χ2n) is 5.18. The summed E-state index contributed by atoms with van der Waals surface area (Å²) in [5.41, 5.74) is 0. The number of nitrogens with zero attached hydrogens (tertiary/aromatic N) is 1. The maximum absolute atomic E-state index is 9.01. The largest absolute Gasteiger partial charge is 0.395 e. The molecule has 4 rings (SSSR count). The molecule has 1 N–H and O–H groups in total. The van der Waals surface area contributed by atoms with Crippen LogP contribution in [0.4, 0.5) is 0 Å². The number of hydrogen-bond acceptors (Lipinski definition) is 2. The monoisotopic (exact) mass is 181 g/mol. The van der Waals surface area contributed by atoms with E-state index < -0.39 is 0 Å². The van der Waals surface area contributed by atoms with Crippen molar-refractivity contribution in [3.05, 3.63) is 0 Å². The molecule has 2 aliphatic carbocycles. The maximum Gasteiger partial charge on any atom is 0.0558 e. The van der Waals surface area contributed by atoms with Crippen LogP contribution in [0.5, 0.6) is 0 Å². The van der Waals surface area contributed by atoms with E-state index in [0.717, 1.165) is 30.5 Å². The third-order valence-corrected chi connectivity index (χ3v) is 4.38. The van der Waals surface area contributed by atoms with E-state index >= 15 is 0 Å². The van der Waals surface area contributed by atoms with Gasteiger partial charge in [-0.25, -0.2) is 0 Å². The molecule has 2 saturated carbocycles. The Hall–Kier alpha value is -0.0800. The summed E-state index contributed by atoms with van der Waals surface area (Å²) in [6, 6.07) is 1.67. The lowest BCUT2D eigenvalue weighted by Gasteiger charge is -2.56. The summed E-state index contributed by atoms with van der Waals surface area (Å²) in [7, 11) is 0. The van der Waals surface area contributed by atoms with Gasteiger partial charge < -0.3 is 5.11 Å². The van der Waals surface area contributed by atoms with E-state index in [9.17, 15) is 0 Å². The van der Waals surface area contributed by atoms with Crippen LogP contribution in [0.1, 0.15) is 32.1 Å². The zero-order valence-electron chi connectivity index (χ0n) is 8.15. The van der Waals surface area contributed by atoms with Crippen LogP contribution in [0.2, 0.25) is 0 Å². The molecule has 2 nitrogen and oxygen atoms in total. The van der Waals surface area contributed by atoms with Crippen LogP contribution in [-0.2, 0) is 0 Å². The molecular weight excluding hydrogens is 162 g/mol. The van der Waals surface area contributed by atoms with Crippen molar-refractivity contribution in [3.63, 3.8) is 0 Å². The van der Waals surface area contributed by atoms with Crippen LogP contribution < -0.4 is 0 Å². The molecule has 4 aliphatic rings. The molecule has 0 aromatic heterocycles. The van der Waals surface area contributed by atoms with Gasteiger partial charge in [-0.3, -0.25) is 4.90 Å². The van der Waals surface area contributed by atoms with Gasteiger partial charge in [-0.15, -0.1) is 0 Å². The first-order valence-electron chi connectivity index (χ1n) is 5.73. The summed E-state index contributed by atoms with van der Waals surface area (Å²) in [6.45, 7) is 1.27. The predicted octanol–water partition coefficient (Wildman–Crippen LogP) is 1.24. The summed E-state index contributed by atoms with van der Waals surface area (Å²) < 4.78 is 0. The fourth-order valence-electron chi connectivity index (χ4n) is 4.10. The number of aliphatic hydroxyl groups excluding tert-OH is 1. The fraction of sp³-hybridized carbons (Fsp3) is 1.00. The van der Waals surface area contributed by atoms with E-state index in [-0.39, 0.29) is 0 Å². The molecule has 0 unspecified atom stereocenters. The zero-order chi connectivity index (χ0) is 8.84. The Morgan fingerprint density at radius 2 is 1.46 bits per heavy atom. The molecule has 2 heterocycles. The van der Waals surface area contributed by atoms with Crippen LogP contribution in [-0.4, -0.2) is 35.2 Å². The van der Waals surface area contributed by atoms with Crippen molar-refractivity contribution < 1.29 is 5.11 Å². The Balaban J connectivity index is 1.77. The van der Waals surface area contributed by atoms with Crippen LogP contribution in [0, 0.1) is 11.8 Å². The highest BCUT2D eigenvalue weighted by Crippen LogP contribution is 2.48. The fourth-order valence-corrected chi connectivity index (χ4v) is 4.10. The Bertz CT molecular complexity index is 176. The van der Waals surface area contributed by atoms with Gasteiger partial charge in [0.15, 0.2) is 0 Å². The van der Waals surface area contributed by atoms with E-state index in [1.165, 1.54) is 32.1 Å². The number of hydrogen-bond donors (Lipinski definition) is 1. The van der Waals surface area contributed by atoms with Crippen LogP contribution >= 0.6 is 0 Å². The summed E-state index contributed by atoms with van der Waals surface area (Å²) in [4.78, 5) is 2.59. The van der Waals surface area contributed by atoms with Crippen LogP contribution in [0.3, 0.4) is 0 Å². The van der Waals surface area contributed by atoms with Gasteiger partial charge in [0, 0.05) is 18.6 Å². The molecule has 0 aromatic carbocycles. The third-order valence-electron chi connectivity index (χ3n) is 4.38. The van der Waals surface area contributed by atoms with Gasteiger partial charge in [0.2, 0.25) is 0 Å². The standard InChI is InChI=1S/C11H19NO/c13-2-1-12-10-4-8-3-9(6-10)7-11(12)5-8/h8-11,13H,1-7H2/t8-,9-,10-,11+. The van der Waals surface area contributed by atoms with Crippen molar-refractivity contribution in [2.45, 2.75) is 44.2 Å². The predicted molar refractivity (Wildman–Crippen MR) is 51.4 cm³/mol. The molecule has 4 fully saturated rings. The first-order valence-corrected chi connectivity index (χ1v) is 5.73. The minimum Gasteiger partial charge on any atom is -0.395 e. The van der Waals surface area contributed by atoms with Crippen molar-refractivity contribution in [2.75, 3.05) is 13.2 Å². The molecule has 4 bridgehead atoms. The highest BCUT2D eigenvalue weighted by atomic mass is 16.3. The quantitative estimate of drug-likeness (QED) is 0.693. The lowest BCUT2D eigenvalue weighted by atomic mass is 9.63. The highest BCUT2D eigenvalue weighted by molar-refractivity contribution is 5.00. The molecule has 0 atom stereocenters. The van der Waals surface area contributed by atoms with Crippen molar-refractivity contribution in [1.82, 2.24) is 4.90 Å². The molecule has 2 aliphatic heterocycles. The topological polar surface area (TPSA) is 23.5 Å². The van der Waals surface area contributed by atoms with Crippen LogP contribution in [0.25, 0.3) is 0 Å². The average molecular weight is 181 g/mol. The second kappa shape index (κ2) is 2.96. The Morgan fingerprint density at radius 1 is 0.923 bits per heavy atom. The second-order valence-corrected chi connectivity index (χ2v) is 5.18. The van der Waals surface area contributed by atoms with E-state index in [2.05, 4.69) is 4.90 Å². The van der Waals surface area contributed by atoms with Crippen molar-refractivity contribution in [1.29, 1.82) is 0 Å². The van der Waals surface area contributed by atoms with Gasteiger partial charge in [-0.2, -0.15) is 0 Å². The van der Waals surface area contributed by atoms with Crippen molar-refractivity contribution in [3.8, 4) is 0 Å².